The minimum absolute atomic E-state index is 0.101. The molecule has 2 fully saturated rings. The van der Waals surface area contributed by atoms with Gasteiger partial charge in [0.15, 0.2) is 0 Å². The Labute approximate surface area is 143 Å². The van der Waals surface area contributed by atoms with Crippen molar-refractivity contribution < 1.29 is 19.0 Å². The molecule has 2 heterocycles. The normalized spacial score (nSPS) is 25.0. The molecule has 0 spiro atoms. The van der Waals surface area contributed by atoms with Crippen LogP contribution in [0.25, 0.3) is 0 Å². The second-order valence-electron chi connectivity index (χ2n) is 6.84. The van der Waals surface area contributed by atoms with Gasteiger partial charge in [-0.2, -0.15) is 0 Å². The summed E-state index contributed by atoms with van der Waals surface area (Å²) in [7, 11) is 1.71. The number of nitrogens with zero attached hydrogens (tertiary/aromatic N) is 1. The highest BCUT2D eigenvalue weighted by atomic mass is 16.5. The lowest BCUT2D eigenvalue weighted by atomic mass is 9.98. The lowest BCUT2D eigenvalue weighted by Gasteiger charge is -2.30. The van der Waals surface area contributed by atoms with E-state index in [1.165, 1.54) is 0 Å². The molecular formula is C19H27NO4. The predicted molar refractivity (Wildman–Crippen MR) is 91.2 cm³/mol. The number of likely N-dealkylation sites (tertiary alicyclic amines) is 1. The second kappa shape index (κ2) is 7.53. The quantitative estimate of drug-likeness (QED) is 0.830. The first-order chi connectivity index (χ1) is 11.6. The SMILES string of the molecule is COC1(COc2ccccc2C)CCN(C(=O)C2CCOCC2)C1. The molecule has 0 aromatic heterocycles. The monoisotopic (exact) mass is 333 g/mol. The summed E-state index contributed by atoms with van der Waals surface area (Å²) >= 11 is 0. The number of methoxy groups -OCH3 is 1. The molecule has 2 saturated heterocycles. The van der Waals surface area contributed by atoms with Crippen molar-refractivity contribution in [3.05, 3.63) is 29.8 Å². The predicted octanol–water partition coefficient (Wildman–Crippen LogP) is 2.42. The van der Waals surface area contributed by atoms with Crippen LogP contribution >= 0.6 is 0 Å². The van der Waals surface area contributed by atoms with Gasteiger partial charge in [-0.1, -0.05) is 18.2 Å². The number of carbonyl (C=O) groups excluding carboxylic acids is 1. The average molecular weight is 333 g/mol. The third-order valence-corrected chi connectivity index (χ3v) is 5.22. The lowest BCUT2D eigenvalue weighted by molar-refractivity contribution is -0.139. The van der Waals surface area contributed by atoms with E-state index in [1.54, 1.807) is 7.11 Å². The van der Waals surface area contributed by atoms with Crippen molar-refractivity contribution in [2.24, 2.45) is 5.92 Å². The largest absolute Gasteiger partial charge is 0.490 e. The van der Waals surface area contributed by atoms with Crippen LogP contribution in [0.4, 0.5) is 0 Å². The molecule has 0 radical (unpaired) electrons. The molecule has 0 bridgehead atoms. The molecule has 1 aromatic rings. The Hall–Kier alpha value is -1.59. The van der Waals surface area contributed by atoms with Gasteiger partial charge in [0, 0.05) is 32.8 Å². The highest BCUT2D eigenvalue weighted by Gasteiger charge is 2.42. The molecule has 3 rings (SSSR count). The highest BCUT2D eigenvalue weighted by molar-refractivity contribution is 5.79. The fourth-order valence-corrected chi connectivity index (χ4v) is 3.51. The average Bonchev–Trinajstić information content (AvgIpc) is 3.06. The number of ether oxygens (including phenoxy) is 3. The van der Waals surface area contributed by atoms with E-state index < -0.39 is 5.60 Å². The maximum absolute atomic E-state index is 12.7. The Morgan fingerprint density at radius 1 is 1.33 bits per heavy atom. The zero-order valence-corrected chi connectivity index (χ0v) is 14.6. The number of amides is 1. The minimum atomic E-state index is -0.414. The van der Waals surface area contributed by atoms with Crippen molar-refractivity contribution in [2.75, 3.05) is 40.0 Å². The van der Waals surface area contributed by atoms with Crippen LogP contribution in [0.3, 0.4) is 0 Å². The van der Waals surface area contributed by atoms with Crippen LogP contribution in [0.2, 0.25) is 0 Å². The third-order valence-electron chi connectivity index (χ3n) is 5.22. The van der Waals surface area contributed by atoms with E-state index in [4.69, 9.17) is 14.2 Å². The summed E-state index contributed by atoms with van der Waals surface area (Å²) in [6.07, 6.45) is 2.47. The van der Waals surface area contributed by atoms with Crippen LogP contribution in [-0.4, -0.2) is 56.4 Å². The molecule has 1 aromatic carbocycles. The first-order valence-corrected chi connectivity index (χ1v) is 8.74. The van der Waals surface area contributed by atoms with Crippen LogP contribution in [-0.2, 0) is 14.3 Å². The van der Waals surface area contributed by atoms with Crippen molar-refractivity contribution in [1.29, 1.82) is 0 Å². The Morgan fingerprint density at radius 2 is 2.08 bits per heavy atom. The summed E-state index contributed by atoms with van der Waals surface area (Å²) in [5.74, 6) is 1.22. The molecule has 1 unspecified atom stereocenters. The Balaban J connectivity index is 1.60. The van der Waals surface area contributed by atoms with Gasteiger partial charge in [0.2, 0.25) is 5.91 Å². The molecule has 2 aliphatic rings. The molecular weight excluding hydrogens is 306 g/mol. The van der Waals surface area contributed by atoms with Crippen molar-refractivity contribution in [3.8, 4) is 5.75 Å². The molecule has 132 valence electrons. The number of hydrogen-bond donors (Lipinski definition) is 0. The minimum Gasteiger partial charge on any atom is -0.490 e. The summed E-state index contributed by atoms with van der Waals surface area (Å²) < 4.78 is 17.1. The summed E-state index contributed by atoms with van der Waals surface area (Å²) in [5, 5.41) is 0. The maximum Gasteiger partial charge on any atom is 0.225 e. The van der Waals surface area contributed by atoms with Gasteiger partial charge in [-0.05, 0) is 37.8 Å². The standard InChI is InChI=1S/C19H27NO4/c1-15-5-3-4-6-17(15)24-14-19(22-2)9-10-20(13-19)18(21)16-7-11-23-12-8-16/h3-6,16H,7-14H2,1-2H3. The first kappa shape index (κ1) is 17.2. The van der Waals surface area contributed by atoms with Gasteiger partial charge >= 0.3 is 0 Å². The van der Waals surface area contributed by atoms with Gasteiger partial charge < -0.3 is 19.1 Å². The summed E-state index contributed by atoms with van der Waals surface area (Å²) in [4.78, 5) is 14.7. The van der Waals surface area contributed by atoms with E-state index in [2.05, 4.69) is 0 Å². The number of aryl methyl sites for hydroxylation is 1. The van der Waals surface area contributed by atoms with Gasteiger partial charge in [0.25, 0.3) is 0 Å². The van der Waals surface area contributed by atoms with Crippen LogP contribution < -0.4 is 4.74 Å². The van der Waals surface area contributed by atoms with Gasteiger partial charge in [-0.25, -0.2) is 0 Å². The summed E-state index contributed by atoms with van der Waals surface area (Å²) in [5.41, 5.74) is 0.695. The molecule has 24 heavy (non-hydrogen) atoms. The lowest BCUT2D eigenvalue weighted by Crippen LogP contribution is -2.44. The fourth-order valence-electron chi connectivity index (χ4n) is 3.51. The Morgan fingerprint density at radius 3 is 2.79 bits per heavy atom. The number of rotatable bonds is 5. The third kappa shape index (κ3) is 3.73. The van der Waals surface area contributed by atoms with Crippen LogP contribution in [0.1, 0.15) is 24.8 Å². The van der Waals surface area contributed by atoms with E-state index in [0.29, 0.717) is 26.4 Å². The van der Waals surface area contributed by atoms with E-state index in [9.17, 15) is 4.79 Å². The Bertz CT molecular complexity index is 570. The number of para-hydroxylation sites is 1. The van der Waals surface area contributed by atoms with Crippen molar-refractivity contribution in [3.63, 3.8) is 0 Å². The van der Waals surface area contributed by atoms with Gasteiger partial charge in [-0.3, -0.25) is 4.79 Å². The molecule has 1 atom stereocenters. The van der Waals surface area contributed by atoms with Crippen LogP contribution in [0.5, 0.6) is 5.75 Å². The summed E-state index contributed by atoms with van der Waals surface area (Å²) in [6, 6.07) is 7.97. The number of carbonyl (C=O) groups is 1. The molecule has 1 amide bonds. The van der Waals surface area contributed by atoms with E-state index in [1.807, 2.05) is 36.1 Å². The van der Waals surface area contributed by atoms with Gasteiger partial charge in [0.1, 0.15) is 18.0 Å². The number of hydrogen-bond acceptors (Lipinski definition) is 4. The molecule has 0 saturated carbocycles. The topological polar surface area (TPSA) is 48.0 Å². The van der Waals surface area contributed by atoms with Crippen LogP contribution in [0.15, 0.2) is 24.3 Å². The molecule has 2 aliphatic heterocycles. The first-order valence-electron chi connectivity index (χ1n) is 8.74. The smallest absolute Gasteiger partial charge is 0.225 e. The molecule has 5 nitrogen and oxygen atoms in total. The molecule has 0 N–H and O–H groups in total. The summed E-state index contributed by atoms with van der Waals surface area (Å²) in [6.45, 7) is 5.22. The highest BCUT2D eigenvalue weighted by Crippen LogP contribution is 2.29. The van der Waals surface area contributed by atoms with Crippen molar-refractivity contribution in [2.45, 2.75) is 31.8 Å². The Kier molecular flexibility index (Phi) is 5.41. The van der Waals surface area contributed by atoms with Crippen molar-refractivity contribution >= 4 is 5.91 Å². The van der Waals surface area contributed by atoms with E-state index in [0.717, 1.165) is 37.1 Å². The van der Waals surface area contributed by atoms with Crippen LogP contribution in [0, 0.1) is 12.8 Å². The van der Waals surface area contributed by atoms with E-state index >= 15 is 0 Å². The molecule has 0 aliphatic carbocycles. The second-order valence-corrected chi connectivity index (χ2v) is 6.84. The van der Waals surface area contributed by atoms with Crippen molar-refractivity contribution in [1.82, 2.24) is 4.90 Å². The zero-order valence-electron chi connectivity index (χ0n) is 14.6. The van der Waals surface area contributed by atoms with E-state index in [-0.39, 0.29) is 11.8 Å². The van der Waals surface area contributed by atoms with Gasteiger partial charge in [0.05, 0.1) is 6.54 Å². The zero-order chi connectivity index (χ0) is 17.0. The maximum atomic E-state index is 12.7. The van der Waals surface area contributed by atoms with Gasteiger partial charge in [-0.15, -0.1) is 0 Å². The molecule has 5 heteroatoms. The fraction of sp³-hybridized carbons (Fsp3) is 0.632. The number of benzene rings is 1.